The van der Waals surface area contributed by atoms with E-state index in [1.807, 2.05) is 0 Å². The molecule has 0 saturated carbocycles. The molecule has 0 atom stereocenters. The number of ether oxygens (including phenoxy) is 2. The number of carbonyl (C=O) groups is 1. The Labute approximate surface area is 184 Å². The van der Waals surface area contributed by atoms with Crippen LogP contribution in [0.25, 0.3) is 11.6 Å². The van der Waals surface area contributed by atoms with Crippen molar-refractivity contribution in [3.63, 3.8) is 0 Å². The maximum Gasteiger partial charge on any atom is 0.269 e. The van der Waals surface area contributed by atoms with Gasteiger partial charge in [0.2, 0.25) is 0 Å². The molecule has 0 fully saturated rings. The zero-order valence-corrected chi connectivity index (χ0v) is 17.1. The zero-order valence-electron chi connectivity index (χ0n) is 17.1. The van der Waals surface area contributed by atoms with Crippen molar-refractivity contribution in [2.24, 2.45) is 0 Å². The smallest absolute Gasteiger partial charge is 0.269 e. The van der Waals surface area contributed by atoms with E-state index in [1.165, 1.54) is 24.3 Å². The van der Waals surface area contributed by atoms with Crippen LogP contribution in [0.4, 0.5) is 11.4 Å². The molecule has 0 heterocycles. The second-order valence-corrected chi connectivity index (χ2v) is 6.61. The summed E-state index contributed by atoms with van der Waals surface area (Å²) in [7, 11) is 1.57. The van der Waals surface area contributed by atoms with E-state index in [2.05, 4.69) is 11.4 Å². The van der Waals surface area contributed by atoms with E-state index in [0.717, 1.165) is 0 Å². The van der Waals surface area contributed by atoms with Crippen LogP contribution in [0.15, 0.2) is 72.8 Å². The van der Waals surface area contributed by atoms with Crippen LogP contribution in [-0.2, 0) is 4.79 Å². The molecule has 0 aromatic heterocycles. The highest BCUT2D eigenvalue weighted by molar-refractivity contribution is 5.92. The van der Waals surface area contributed by atoms with Gasteiger partial charge in [0, 0.05) is 17.8 Å². The average Bonchev–Trinajstić information content (AvgIpc) is 2.82. The van der Waals surface area contributed by atoms with E-state index in [0.29, 0.717) is 33.9 Å². The summed E-state index contributed by atoms with van der Waals surface area (Å²) >= 11 is 0. The standard InChI is InChI=1S/C24H19N3O5/c1-31-22-11-7-20(8-12-22)26-24(28)16-32-23-4-2-3-17(14-23)13-19(15-25)18-5-9-21(10-6-18)27(29)30/h2-14H,16H2,1H3,(H,26,28). The molecule has 1 N–H and O–H groups in total. The van der Waals surface area contributed by atoms with Gasteiger partial charge in [-0.05, 0) is 65.7 Å². The molecule has 0 aliphatic heterocycles. The van der Waals surface area contributed by atoms with Gasteiger partial charge in [0.05, 0.1) is 23.7 Å². The number of hydrogen-bond donors (Lipinski definition) is 1. The molecule has 3 aromatic rings. The molecule has 0 radical (unpaired) electrons. The summed E-state index contributed by atoms with van der Waals surface area (Å²) in [5.74, 6) is 0.832. The van der Waals surface area contributed by atoms with E-state index < -0.39 is 4.92 Å². The van der Waals surface area contributed by atoms with Crippen molar-refractivity contribution in [1.29, 1.82) is 5.26 Å². The normalized spacial score (nSPS) is 10.7. The predicted octanol–water partition coefficient (Wildman–Crippen LogP) is 4.69. The molecule has 3 aromatic carbocycles. The fourth-order valence-electron chi connectivity index (χ4n) is 2.82. The number of nitro benzene ring substituents is 1. The van der Waals surface area contributed by atoms with Gasteiger partial charge < -0.3 is 14.8 Å². The summed E-state index contributed by atoms with van der Waals surface area (Å²) in [4.78, 5) is 22.4. The molecule has 0 spiro atoms. The van der Waals surface area contributed by atoms with Crippen LogP contribution >= 0.6 is 0 Å². The Balaban J connectivity index is 1.65. The van der Waals surface area contributed by atoms with Gasteiger partial charge in [-0.1, -0.05) is 12.1 Å². The van der Waals surface area contributed by atoms with Crippen LogP contribution in [0.1, 0.15) is 11.1 Å². The van der Waals surface area contributed by atoms with Crippen LogP contribution in [0.5, 0.6) is 11.5 Å². The maximum atomic E-state index is 12.1. The lowest BCUT2D eigenvalue weighted by atomic mass is 10.0. The molecule has 1 amide bonds. The number of nitro groups is 1. The molecule has 32 heavy (non-hydrogen) atoms. The number of nitrogens with zero attached hydrogens (tertiary/aromatic N) is 2. The molecule has 160 valence electrons. The van der Waals surface area contributed by atoms with E-state index >= 15 is 0 Å². The lowest BCUT2D eigenvalue weighted by Gasteiger charge is -2.09. The van der Waals surface area contributed by atoms with E-state index in [9.17, 15) is 20.2 Å². The first-order chi connectivity index (χ1) is 15.5. The van der Waals surface area contributed by atoms with Gasteiger partial charge in [-0.25, -0.2) is 0 Å². The molecule has 8 nitrogen and oxygen atoms in total. The van der Waals surface area contributed by atoms with Gasteiger partial charge in [-0.3, -0.25) is 14.9 Å². The second kappa shape index (κ2) is 10.4. The lowest BCUT2D eigenvalue weighted by Crippen LogP contribution is -2.20. The van der Waals surface area contributed by atoms with Gasteiger partial charge >= 0.3 is 0 Å². The van der Waals surface area contributed by atoms with E-state index in [1.54, 1.807) is 61.7 Å². The summed E-state index contributed by atoms with van der Waals surface area (Å²) in [6.45, 7) is -0.188. The van der Waals surface area contributed by atoms with Crippen molar-refractivity contribution in [1.82, 2.24) is 0 Å². The first kappa shape index (κ1) is 22.1. The third-order valence-corrected chi connectivity index (χ3v) is 4.42. The highest BCUT2D eigenvalue weighted by atomic mass is 16.6. The number of anilines is 1. The summed E-state index contributed by atoms with van der Waals surface area (Å²) in [6, 6.07) is 21.7. The van der Waals surface area contributed by atoms with Gasteiger partial charge in [-0.2, -0.15) is 5.26 Å². The summed E-state index contributed by atoms with van der Waals surface area (Å²) in [5.41, 5.74) is 2.16. The Morgan fingerprint density at radius 1 is 1.09 bits per heavy atom. The Morgan fingerprint density at radius 2 is 1.81 bits per heavy atom. The number of nitrogens with one attached hydrogen (secondary N) is 1. The number of nitriles is 1. The van der Waals surface area contributed by atoms with Crippen molar-refractivity contribution >= 4 is 28.9 Å². The Kier molecular flexibility index (Phi) is 7.17. The molecule has 0 aliphatic carbocycles. The number of hydrogen-bond acceptors (Lipinski definition) is 6. The van der Waals surface area contributed by atoms with Crippen molar-refractivity contribution < 1.29 is 19.2 Å². The van der Waals surface area contributed by atoms with E-state index in [-0.39, 0.29) is 18.2 Å². The summed E-state index contributed by atoms with van der Waals surface area (Å²) < 4.78 is 10.6. The van der Waals surface area contributed by atoms with Crippen molar-refractivity contribution in [3.8, 4) is 17.6 Å². The minimum atomic E-state index is -0.495. The minimum Gasteiger partial charge on any atom is -0.497 e. The van der Waals surface area contributed by atoms with Crippen LogP contribution in [0.2, 0.25) is 0 Å². The summed E-state index contributed by atoms with van der Waals surface area (Å²) in [6.07, 6.45) is 1.64. The maximum absolute atomic E-state index is 12.1. The monoisotopic (exact) mass is 429 g/mol. The molecule has 0 saturated heterocycles. The van der Waals surface area contributed by atoms with Gasteiger partial charge in [0.25, 0.3) is 11.6 Å². The first-order valence-corrected chi connectivity index (χ1v) is 9.52. The number of benzene rings is 3. The predicted molar refractivity (Wildman–Crippen MR) is 120 cm³/mol. The fraction of sp³-hybridized carbons (Fsp3) is 0.0833. The quantitative estimate of drug-likeness (QED) is 0.241. The van der Waals surface area contributed by atoms with Crippen molar-refractivity contribution in [2.75, 3.05) is 19.0 Å². The molecule has 0 unspecified atom stereocenters. The minimum absolute atomic E-state index is 0.0469. The molecular weight excluding hydrogens is 410 g/mol. The van der Waals surface area contributed by atoms with Crippen LogP contribution < -0.4 is 14.8 Å². The number of amides is 1. The number of rotatable bonds is 8. The zero-order chi connectivity index (χ0) is 22.9. The Hall–Kier alpha value is -4.64. The SMILES string of the molecule is COc1ccc(NC(=O)COc2cccc(C=C(C#N)c3ccc([N+](=O)[O-])cc3)c2)cc1. The second-order valence-electron chi connectivity index (χ2n) is 6.61. The van der Waals surface area contributed by atoms with Gasteiger partial charge in [0.1, 0.15) is 11.5 Å². The van der Waals surface area contributed by atoms with E-state index in [4.69, 9.17) is 9.47 Å². The highest BCUT2D eigenvalue weighted by Crippen LogP contribution is 2.23. The number of non-ortho nitro benzene ring substituents is 1. The molecule has 0 bridgehead atoms. The van der Waals surface area contributed by atoms with Gasteiger partial charge in [-0.15, -0.1) is 0 Å². The fourth-order valence-corrected chi connectivity index (χ4v) is 2.82. The largest absolute Gasteiger partial charge is 0.497 e. The van der Waals surface area contributed by atoms with Crippen LogP contribution in [0.3, 0.4) is 0 Å². The van der Waals surface area contributed by atoms with Crippen LogP contribution in [0, 0.1) is 21.4 Å². The first-order valence-electron chi connectivity index (χ1n) is 9.52. The summed E-state index contributed by atoms with van der Waals surface area (Å²) in [5, 5.41) is 23.0. The van der Waals surface area contributed by atoms with Crippen LogP contribution in [-0.4, -0.2) is 24.5 Å². The number of carbonyl (C=O) groups excluding carboxylic acids is 1. The topological polar surface area (TPSA) is 114 Å². The number of allylic oxidation sites excluding steroid dienone is 1. The Morgan fingerprint density at radius 3 is 2.44 bits per heavy atom. The molecule has 0 aliphatic rings. The molecule has 3 rings (SSSR count). The molecular formula is C24H19N3O5. The third kappa shape index (κ3) is 5.93. The van der Waals surface area contributed by atoms with Crippen molar-refractivity contribution in [3.05, 3.63) is 94.0 Å². The number of methoxy groups -OCH3 is 1. The Bertz CT molecular complexity index is 1180. The third-order valence-electron chi connectivity index (χ3n) is 4.42. The van der Waals surface area contributed by atoms with Crippen molar-refractivity contribution in [2.45, 2.75) is 0 Å². The molecule has 8 heteroatoms. The average molecular weight is 429 g/mol. The lowest BCUT2D eigenvalue weighted by molar-refractivity contribution is -0.384. The highest BCUT2D eigenvalue weighted by Gasteiger charge is 2.08. The van der Waals surface area contributed by atoms with Gasteiger partial charge in [0.15, 0.2) is 6.61 Å².